The van der Waals surface area contributed by atoms with Gasteiger partial charge in [-0.1, -0.05) is 33.8 Å². The van der Waals surface area contributed by atoms with Crippen molar-refractivity contribution in [3.63, 3.8) is 0 Å². The molecule has 0 bridgehead atoms. The van der Waals surface area contributed by atoms with Crippen molar-refractivity contribution < 1.29 is 14.3 Å². The van der Waals surface area contributed by atoms with Gasteiger partial charge in [-0.25, -0.2) is 9.18 Å². The molecule has 1 aromatic carbocycles. The lowest BCUT2D eigenvalue weighted by atomic mass is 10.1. The highest BCUT2D eigenvalue weighted by atomic mass is 79.9. The lowest BCUT2D eigenvalue weighted by Gasteiger charge is -1.99. The third-order valence-corrected chi connectivity index (χ3v) is 1.80. The Morgan fingerprint density at radius 1 is 1.57 bits per heavy atom. The van der Waals surface area contributed by atoms with Gasteiger partial charge < -0.3 is 5.11 Å². The van der Waals surface area contributed by atoms with Gasteiger partial charge in [0.1, 0.15) is 5.82 Å². The fourth-order valence-electron chi connectivity index (χ4n) is 0.951. The average molecular weight is 257 g/mol. The maximum Gasteiger partial charge on any atom is 0.337 e. The van der Waals surface area contributed by atoms with E-state index in [-0.39, 0.29) is 11.1 Å². The van der Waals surface area contributed by atoms with E-state index in [9.17, 15) is 9.18 Å². The number of carbonyl (C=O) groups is 1. The molecule has 2 nitrogen and oxygen atoms in total. The number of hydrogen-bond acceptors (Lipinski definition) is 1. The fourth-order valence-corrected chi connectivity index (χ4v) is 1.09. The van der Waals surface area contributed by atoms with Crippen LogP contribution in [-0.2, 0) is 0 Å². The number of hydrogen-bond donors (Lipinski definition) is 1. The summed E-state index contributed by atoms with van der Waals surface area (Å²) in [5.74, 6) is 3.23. The molecule has 0 spiro atoms. The summed E-state index contributed by atoms with van der Waals surface area (Å²) in [6.07, 6.45) is 0. The van der Waals surface area contributed by atoms with Gasteiger partial charge in [0.2, 0.25) is 0 Å². The van der Waals surface area contributed by atoms with Crippen molar-refractivity contribution >= 4 is 21.9 Å². The van der Waals surface area contributed by atoms with Crippen LogP contribution in [0.1, 0.15) is 15.9 Å². The summed E-state index contributed by atoms with van der Waals surface area (Å²) in [7, 11) is 0. The van der Waals surface area contributed by atoms with E-state index in [1.54, 1.807) is 0 Å². The van der Waals surface area contributed by atoms with Crippen LogP contribution in [0.25, 0.3) is 0 Å². The van der Waals surface area contributed by atoms with E-state index in [2.05, 4.69) is 27.8 Å². The molecule has 4 heteroatoms. The molecule has 1 aromatic rings. The zero-order chi connectivity index (χ0) is 10.6. The highest BCUT2D eigenvalue weighted by Gasteiger charge is 2.11. The minimum atomic E-state index is -1.18. The second kappa shape index (κ2) is 4.77. The largest absolute Gasteiger partial charge is 0.478 e. The molecule has 1 rings (SSSR count). The number of carboxylic acid groups (broad SMARTS) is 1. The predicted octanol–water partition coefficient (Wildman–Crippen LogP) is 2.27. The van der Waals surface area contributed by atoms with Crippen LogP contribution in [-0.4, -0.2) is 16.4 Å². The first-order chi connectivity index (χ1) is 6.66. The standard InChI is InChI=1S/C10H6BrFO2/c11-6-2-4-7-8(10(13)14)3-1-5-9(7)12/h1,3,5H,6H2,(H,13,14). The van der Waals surface area contributed by atoms with Crippen LogP contribution in [0.4, 0.5) is 4.39 Å². The summed E-state index contributed by atoms with van der Waals surface area (Å²) in [4.78, 5) is 10.7. The van der Waals surface area contributed by atoms with Gasteiger partial charge in [-0.15, -0.1) is 0 Å². The third kappa shape index (κ3) is 2.33. The SMILES string of the molecule is O=C(O)c1cccc(F)c1C#CCBr. The first-order valence-electron chi connectivity index (χ1n) is 3.73. The van der Waals surface area contributed by atoms with Crippen molar-refractivity contribution in [1.82, 2.24) is 0 Å². The number of aromatic carboxylic acids is 1. The molecule has 0 atom stereocenters. The van der Waals surface area contributed by atoms with Gasteiger partial charge >= 0.3 is 5.97 Å². The van der Waals surface area contributed by atoms with E-state index in [4.69, 9.17) is 5.11 Å². The van der Waals surface area contributed by atoms with Crippen molar-refractivity contribution in [2.24, 2.45) is 0 Å². The molecular weight excluding hydrogens is 251 g/mol. The number of rotatable bonds is 1. The minimum absolute atomic E-state index is 0.0700. The number of alkyl halides is 1. The minimum Gasteiger partial charge on any atom is -0.478 e. The van der Waals surface area contributed by atoms with Crippen LogP contribution in [0.15, 0.2) is 18.2 Å². The molecule has 0 amide bonds. The lowest BCUT2D eigenvalue weighted by Crippen LogP contribution is -2.01. The van der Waals surface area contributed by atoms with Crippen LogP contribution in [0, 0.1) is 17.7 Å². The Morgan fingerprint density at radius 3 is 2.86 bits per heavy atom. The lowest BCUT2D eigenvalue weighted by molar-refractivity contribution is 0.0696. The smallest absolute Gasteiger partial charge is 0.337 e. The first-order valence-corrected chi connectivity index (χ1v) is 4.85. The molecule has 0 radical (unpaired) electrons. The quantitative estimate of drug-likeness (QED) is 0.619. The fraction of sp³-hybridized carbons (Fsp3) is 0.100. The van der Waals surface area contributed by atoms with Gasteiger partial charge in [-0.05, 0) is 12.1 Å². The van der Waals surface area contributed by atoms with Crippen LogP contribution >= 0.6 is 15.9 Å². The topological polar surface area (TPSA) is 37.3 Å². The summed E-state index contributed by atoms with van der Waals surface area (Å²) in [6, 6.07) is 3.85. The molecule has 1 N–H and O–H groups in total. The summed E-state index contributed by atoms with van der Waals surface area (Å²) in [5.41, 5.74) is -0.182. The molecule has 0 aliphatic heterocycles. The second-order valence-electron chi connectivity index (χ2n) is 2.40. The maximum atomic E-state index is 13.2. The molecule has 0 fully saturated rings. The Bertz CT molecular complexity index is 418. The molecule has 0 aromatic heterocycles. The van der Waals surface area contributed by atoms with Crippen molar-refractivity contribution in [2.45, 2.75) is 0 Å². The van der Waals surface area contributed by atoms with Gasteiger partial charge in [-0.3, -0.25) is 0 Å². The van der Waals surface area contributed by atoms with Gasteiger partial charge in [0.05, 0.1) is 16.5 Å². The Kier molecular flexibility index (Phi) is 3.66. The van der Waals surface area contributed by atoms with E-state index in [1.807, 2.05) is 0 Å². The van der Waals surface area contributed by atoms with E-state index in [0.717, 1.165) is 0 Å². The molecule has 0 saturated carbocycles. The van der Waals surface area contributed by atoms with Crippen LogP contribution in [0.2, 0.25) is 0 Å². The zero-order valence-corrected chi connectivity index (χ0v) is 8.64. The van der Waals surface area contributed by atoms with E-state index < -0.39 is 11.8 Å². The van der Waals surface area contributed by atoms with Gasteiger partial charge in [0.15, 0.2) is 0 Å². The van der Waals surface area contributed by atoms with Crippen molar-refractivity contribution in [2.75, 3.05) is 5.33 Å². The molecule has 72 valence electrons. The number of halogens is 2. The molecule has 0 aliphatic carbocycles. The van der Waals surface area contributed by atoms with Gasteiger partial charge in [0, 0.05) is 0 Å². The first kappa shape index (κ1) is 10.7. The summed E-state index contributed by atoms with van der Waals surface area (Å²) < 4.78 is 13.2. The Balaban J connectivity index is 3.29. The van der Waals surface area contributed by atoms with E-state index in [0.29, 0.717) is 5.33 Å². The van der Waals surface area contributed by atoms with Gasteiger partial charge in [-0.2, -0.15) is 0 Å². The van der Waals surface area contributed by atoms with Crippen LogP contribution < -0.4 is 0 Å². The van der Waals surface area contributed by atoms with Crippen LogP contribution in [0.3, 0.4) is 0 Å². The predicted molar refractivity (Wildman–Crippen MR) is 54.0 cm³/mol. The summed E-state index contributed by atoms with van der Waals surface area (Å²) in [5, 5.41) is 9.12. The van der Waals surface area contributed by atoms with E-state index >= 15 is 0 Å². The number of carboxylic acids is 1. The average Bonchev–Trinajstić information content (AvgIpc) is 2.15. The van der Waals surface area contributed by atoms with Crippen molar-refractivity contribution in [1.29, 1.82) is 0 Å². The maximum absolute atomic E-state index is 13.2. The zero-order valence-electron chi connectivity index (χ0n) is 7.05. The number of benzene rings is 1. The summed E-state index contributed by atoms with van der Waals surface area (Å²) >= 11 is 3.05. The monoisotopic (exact) mass is 256 g/mol. The highest BCUT2D eigenvalue weighted by molar-refractivity contribution is 9.09. The molecule has 14 heavy (non-hydrogen) atoms. The second-order valence-corrected chi connectivity index (χ2v) is 2.96. The molecule has 0 unspecified atom stereocenters. The molecular formula is C10H6BrFO2. The van der Waals surface area contributed by atoms with Crippen LogP contribution in [0.5, 0.6) is 0 Å². The highest BCUT2D eigenvalue weighted by Crippen LogP contribution is 2.12. The normalized spacial score (nSPS) is 9.00. The molecule has 0 saturated heterocycles. The van der Waals surface area contributed by atoms with Gasteiger partial charge in [0.25, 0.3) is 0 Å². The summed E-state index contributed by atoms with van der Waals surface area (Å²) in [6.45, 7) is 0. The molecule has 0 aliphatic rings. The Morgan fingerprint density at radius 2 is 2.29 bits per heavy atom. The third-order valence-electron chi connectivity index (χ3n) is 1.52. The van der Waals surface area contributed by atoms with Crippen molar-refractivity contribution in [3.05, 3.63) is 35.1 Å². The molecule has 0 heterocycles. The Labute approximate surface area is 88.9 Å². The Hall–Kier alpha value is -1.34. The van der Waals surface area contributed by atoms with Crippen molar-refractivity contribution in [3.8, 4) is 11.8 Å². The van der Waals surface area contributed by atoms with E-state index in [1.165, 1.54) is 18.2 Å².